The Morgan fingerprint density at radius 2 is 2.05 bits per heavy atom. The molecule has 1 aromatic carbocycles. The lowest BCUT2D eigenvalue weighted by atomic mass is 10.1. The lowest BCUT2D eigenvalue weighted by Crippen LogP contribution is -2.27. The van der Waals surface area contributed by atoms with Gasteiger partial charge in [-0.25, -0.2) is 0 Å². The van der Waals surface area contributed by atoms with Crippen LogP contribution >= 0.6 is 0 Å². The minimum absolute atomic E-state index is 0.0333. The first kappa shape index (κ1) is 15.1. The molecule has 19 heavy (non-hydrogen) atoms. The summed E-state index contributed by atoms with van der Waals surface area (Å²) in [5, 5.41) is 2.39. The minimum Gasteiger partial charge on any atom is -0.375 e. The summed E-state index contributed by atoms with van der Waals surface area (Å²) in [6.45, 7) is -0.144. The van der Waals surface area contributed by atoms with Gasteiger partial charge >= 0.3 is 6.18 Å². The van der Waals surface area contributed by atoms with Crippen LogP contribution in [0, 0.1) is 11.8 Å². The van der Waals surface area contributed by atoms with Gasteiger partial charge in [0.05, 0.1) is 12.1 Å². The van der Waals surface area contributed by atoms with Crippen molar-refractivity contribution in [1.29, 1.82) is 0 Å². The van der Waals surface area contributed by atoms with Gasteiger partial charge < -0.3 is 10.1 Å². The van der Waals surface area contributed by atoms with Crippen molar-refractivity contribution in [3.05, 3.63) is 35.4 Å². The Morgan fingerprint density at radius 1 is 1.37 bits per heavy atom. The van der Waals surface area contributed by atoms with Crippen molar-refractivity contribution in [2.24, 2.45) is 0 Å². The first-order valence-corrected chi connectivity index (χ1v) is 5.36. The van der Waals surface area contributed by atoms with Crippen LogP contribution in [0.3, 0.4) is 0 Å². The summed E-state index contributed by atoms with van der Waals surface area (Å²) in [6, 6.07) is 5.03. The Kier molecular flexibility index (Phi) is 5.39. The molecule has 1 aromatic rings. The second-order valence-corrected chi connectivity index (χ2v) is 3.55. The fourth-order valence-corrected chi connectivity index (χ4v) is 1.30. The van der Waals surface area contributed by atoms with E-state index in [1.807, 2.05) is 0 Å². The van der Waals surface area contributed by atoms with Crippen LogP contribution in [0.2, 0.25) is 0 Å². The highest BCUT2D eigenvalue weighted by atomic mass is 19.4. The molecule has 0 heterocycles. The van der Waals surface area contributed by atoms with Gasteiger partial charge in [-0.05, 0) is 12.1 Å². The minimum atomic E-state index is -4.44. The zero-order valence-corrected chi connectivity index (χ0v) is 10.2. The van der Waals surface area contributed by atoms with Crippen molar-refractivity contribution in [2.45, 2.75) is 6.18 Å². The zero-order chi connectivity index (χ0) is 14.3. The molecule has 3 nitrogen and oxygen atoms in total. The van der Waals surface area contributed by atoms with Crippen LogP contribution in [0.25, 0.3) is 0 Å². The molecule has 0 atom stereocenters. The number of rotatable bonds is 3. The second-order valence-electron chi connectivity index (χ2n) is 3.55. The number of amides is 1. The first-order valence-electron chi connectivity index (χ1n) is 5.36. The maximum absolute atomic E-state index is 12.6. The van der Waals surface area contributed by atoms with Gasteiger partial charge in [0.15, 0.2) is 0 Å². The topological polar surface area (TPSA) is 38.3 Å². The number of nitrogens with one attached hydrogen (secondary N) is 1. The Balaban J connectivity index is 2.71. The van der Waals surface area contributed by atoms with Crippen molar-refractivity contribution in [2.75, 3.05) is 20.3 Å². The summed E-state index contributed by atoms with van der Waals surface area (Å²) in [5.41, 5.74) is -0.901. The van der Waals surface area contributed by atoms with E-state index in [0.29, 0.717) is 0 Å². The van der Waals surface area contributed by atoms with Crippen molar-refractivity contribution in [3.63, 3.8) is 0 Å². The maximum atomic E-state index is 12.6. The largest absolute Gasteiger partial charge is 0.417 e. The van der Waals surface area contributed by atoms with Crippen LogP contribution in [0.4, 0.5) is 13.2 Å². The number of halogens is 3. The van der Waals surface area contributed by atoms with Gasteiger partial charge in [-0.15, -0.1) is 0 Å². The van der Waals surface area contributed by atoms with Crippen LogP contribution in [0.15, 0.2) is 24.3 Å². The smallest absolute Gasteiger partial charge is 0.375 e. The van der Waals surface area contributed by atoms with Gasteiger partial charge in [0.25, 0.3) is 0 Å². The lowest BCUT2D eigenvalue weighted by Gasteiger charge is -2.08. The summed E-state index contributed by atoms with van der Waals surface area (Å²) in [4.78, 5) is 11.0. The molecule has 0 bridgehead atoms. The number of carbonyl (C=O) groups excluding carboxylic acids is 1. The molecule has 1 amide bonds. The molecule has 0 fully saturated rings. The summed E-state index contributed by atoms with van der Waals surface area (Å²) in [5.74, 6) is 4.48. The highest BCUT2D eigenvalue weighted by Crippen LogP contribution is 2.31. The van der Waals surface area contributed by atoms with E-state index in [9.17, 15) is 18.0 Å². The van der Waals surface area contributed by atoms with E-state index in [-0.39, 0.29) is 24.6 Å². The molecule has 6 heteroatoms. The molecule has 1 rings (SSSR count). The number of hydrogen-bond acceptors (Lipinski definition) is 2. The number of alkyl halides is 3. The number of ether oxygens (including phenoxy) is 1. The number of methoxy groups -OCH3 is 1. The van der Waals surface area contributed by atoms with Gasteiger partial charge in [-0.3, -0.25) is 4.79 Å². The molecule has 0 radical (unpaired) electrons. The van der Waals surface area contributed by atoms with Crippen molar-refractivity contribution in [3.8, 4) is 11.8 Å². The zero-order valence-electron chi connectivity index (χ0n) is 10.2. The van der Waals surface area contributed by atoms with Crippen molar-refractivity contribution >= 4 is 5.91 Å². The number of carbonyl (C=O) groups is 1. The van der Waals surface area contributed by atoms with Crippen LogP contribution in [0.1, 0.15) is 11.1 Å². The molecule has 0 aromatic heterocycles. The average Bonchev–Trinajstić information content (AvgIpc) is 2.34. The van der Waals surface area contributed by atoms with Crippen molar-refractivity contribution < 1.29 is 22.7 Å². The fraction of sp³-hybridized carbons (Fsp3) is 0.308. The van der Waals surface area contributed by atoms with Gasteiger partial charge in [0.1, 0.15) is 6.61 Å². The molecule has 0 aliphatic carbocycles. The van der Waals surface area contributed by atoms with Gasteiger partial charge in [-0.1, -0.05) is 24.0 Å². The van der Waals surface area contributed by atoms with E-state index in [1.54, 1.807) is 0 Å². The molecule has 0 spiro atoms. The van der Waals surface area contributed by atoms with E-state index in [0.717, 1.165) is 6.07 Å². The van der Waals surface area contributed by atoms with Crippen LogP contribution in [-0.2, 0) is 15.7 Å². The maximum Gasteiger partial charge on any atom is 0.417 e. The summed E-state index contributed by atoms with van der Waals surface area (Å²) in [6.07, 6.45) is -4.44. The second kappa shape index (κ2) is 6.81. The molecule has 0 aliphatic heterocycles. The molecule has 102 valence electrons. The quantitative estimate of drug-likeness (QED) is 0.852. The number of hydrogen-bond donors (Lipinski definition) is 1. The molecule has 0 aliphatic rings. The van der Waals surface area contributed by atoms with Crippen LogP contribution in [0.5, 0.6) is 0 Å². The Morgan fingerprint density at radius 3 is 2.68 bits per heavy atom. The molecule has 0 unspecified atom stereocenters. The average molecular weight is 271 g/mol. The van der Waals surface area contributed by atoms with E-state index >= 15 is 0 Å². The summed E-state index contributed by atoms with van der Waals surface area (Å²) in [7, 11) is 1.37. The third-order valence-electron chi connectivity index (χ3n) is 2.10. The van der Waals surface area contributed by atoms with Gasteiger partial charge in [-0.2, -0.15) is 13.2 Å². The highest BCUT2D eigenvalue weighted by Gasteiger charge is 2.32. The lowest BCUT2D eigenvalue weighted by molar-refractivity contribution is -0.137. The van der Waals surface area contributed by atoms with E-state index in [4.69, 9.17) is 0 Å². The number of benzene rings is 1. The molecular formula is C13H12F3NO2. The fourth-order valence-electron chi connectivity index (χ4n) is 1.30. The van der Waals surface area contributed by atoms with Crippen LogP contribution < -0.4 is 5.32 Å². The molecular weight excluding hydrogens is 259 g/mol. The molecule has 1 N–H and O–H groups in total. The standard InChI is InChI=1S/C13H12F3NO2/c1-19-9-12(18)17-8-4-6-10-5-2-3-7-11(10)13(14,15)16/h2-3,5,7H,8-9H2,1H3,(H,17,18). The monoisotopic (exact) mass is 271 g/mol. The first-order chi connectivity index (χ1) is 8.95. The van der Waals surface area contributed by atoms with Crippen molar-refractivity contribution in [1.82, 2.24) is 5.32 Å². The molecule has 0 saturated carbocycles. The summed E-state index contributed by atoms with van der Waals surface area (Å²) >= 11 is 0. The Labute approximate surface area is 108 Å². The van der Waals surface area contributed by atoms with E-state index in [1.165, 1.54) is 25.3 Å². The normalized spacial score (nSPS) is 10.5. The molecule has 0 saturated heterocycles. The van der Waals surface area contributed by atoms with Gasteiger partial charge in [0.2, 0.25) is 5.91 Å². The third-order valence-corrected chi connectivity index (χ3v) is 2.10. The van der Waals surface area contributed by atoms with Gasteiger partial charge in [0, 0.05) is 12.7 Å². The van der Waals surface area contributed by atoms with Crippen LogP contribution in [-0.4, -0.2) is 26.2 Å². The van der Waals surface area contributed by atoms with E-state index in [2.05, 4.69) is 21.9 Å². The predicted molar refractivity (Wildman–Crippen MR) is 63.2 cm³/mol. The SMILES string of the molecule is COCC(=O)NCC#Cc1ccccc1C(F)(F)F. The predicted octanol–water partition coefficient (Wildman–Crippen LogP) is 1.82. The Bertz CT molecular complexity index is 501. The van der Waals surface area contributed by atoms with E-state index < -0.39 is 11.7 Å². The Hall–Kier alpha value is -2.00. The highest BCUT2D eigenvalue weighted by molar-refractivity contribution is 5.77. The summed E-state index contributed by atoms with van der Waals surface area (Å²) < 4.78 is 42.5. The third kappa shape index (κ3) is 5.02.